The van der Waals surface area contributed by atoms with Crippen LogP contribution in [0.2, 0.25) is 0 Å². The third kappa shape index (κ3) is 12.1. The fourth-order valence-electron chi connectivity index (χ4n) is 2.42. The van der Waals surface area contributed by atoms with Gasteiger partial charge >= 0.3 is 0 Å². The van der Waals surface area contributed by atoms with E-state index in [0.717, 1.165) is 5.92 Å². The summed E-state index contributed by atoms with van der Waals surface area (Å²) < 4.78 is 0. The first kappa shape index (κ1) is 16.0. The van der Waals surface area contributed by atoms with Crippen molar-refractivity contribution in [2.75, 3.05) is 0 Å². The van der Waals surface area contributed by atoms with Crippen LogP contribution in [0.15, 0.2) is 0 Å². The molecular weight excluding hydrogens is 192 g/mol. The van der Waals surface area contributed by atoms with Crippen molar-refractivity contribution >= 4 is 0 Å². The molecule has 0 aromatic carbocycles. The van der Waals surface area contributed by atoms with Crippen molar-refractivity contribution in [3.8, 4) is 0 Å². The van der Waals surface area contributed by atoms with Crippen molar-refractivity contribution in [1.82, 2.24) is 0 Å². The minimum Gasteiger partial charge on any atom is -0.0654 e. The molecule has 0 saturated heterocycles. The molecule has 0 N–H and O–H groups in total. The lowest BCUT2D eigenvalue weighted by atomic mass is 9.83. The number of unbranched alkanes of at least 4 members (excludes halogenated alkanes) is 6. The van der Waals surface area contributed by atoms with E-state index in [1.165, 1.54) is 51.4 Å². The molecule has 0 bridgehead atoms. The fourth-order valence-corrected chi connectivity index (χ4v) is 2.42. The molecule has 0 aliphatic heterocycles. The Balaban J connectivity index is 3.25. The Morgan fingerprint density at radius 3 is 2.19 bits per heavy atom. The van der Waals surface area contributed by atoms with Crippen LogP contribution in [0.25, 0.3) is 0 Å². The molecule has 97 valence electrons. The van der Waals surface area contributed by atoms with Crippen molar-refractivity contribution in [3.05, 3.63) is 6.42 Å². The van der Waals surface area contributed by atoms with E-state index in [2.05, 4.69) is 41.0 Å². The Morgan fingerprint density at radius 2 is 1.62 bits per heavy atom. The van der Waals surface area contributed by atoms with Crippen LogP contribution in [-0.4, -0.2) is 0 Å². The molecule has 16 heavy (non-hydrogen) atoms. The van der Waals surface area contributed by atoms with E-state index in [-0.39, 0.29) is 0 Å². The molecule has 0 amide bonds. The Kier molecular flexibility index (Phi) is 9.07. The lowest BCUT2D eigenvalue weighted by Crippen LogP contribution is -2.11. The highest BCUT2D eigenvalue weighted by molar-refractivity contribution is 4.73. The van der Waals surface area contributed by atoms with E-state index in [1.54, 1.807) is 0 Å². The smallest absolute Gasteiger partial charge is 0.0380 e. The van der Waals surface area contributed by atoms with Crippen molar-refractivity contribution < 1.29 is 0 Å². The van der Waals surface area contributed by atoms with Gasteiger partial charge in [0.15, 0.2) is 0 Å². The summed E-state index contributed by atoms with van der Waals surface area (Å²) in [5.74, 6) is 0.857. The Bertz CT molecular complexity index is 141. The SMILES string of the molecule is CCCCCCC[CH]CC(C)CC(C)(C)C. The van der Waals surface area contributed by atoms with Gasteiger partial charge in [-0.2, -0.15) is 0 Å². The van der Waals surface area contributed by atoms with Gasteiger partial charge in [-0.15, -0.1) is 0 Å². The van der Waals surface area contributed by atoms with Gasteiger partial charge in [0, 0.05) is 0 Å². The molecule has 0 rings (SSSR count). The second kappa shape index (κ2) is 9.07. The molecule has 0 saturated carbocycles. The Morgan fingerprint density at radius 1 is 1.00 bits per heavy atom. The first-order chi connectivity index (χ1) is 7.45. The van der Waals surface area contributed by atoms with Gasteiger partial charge in [0.05, 0.1) is 0 Å². The maximum atomic E-state index is 2.52. The summed E-state index contributed by atoms with van der Waals surface area (Å²) in [4.78, 5) is 0. The summed E-state index contributed by atoms with van der Waals surface area (Å²) in [6.45, 7) is 11.7. The average molecular weight is 225 g/mol. The summed E-state index contributed by atoms with van der Waals surface area (Å²) in [5, 5.41) is 0. The van der Waals surface area contributed by atoms with E-state index >= 15 is 0 Å². The van der Waals surface area contributed by atoms with Crippen LogP contribution in [0.5, 0.6) is 0 Å². The highest BCUT2D eigenvalue weighted by Gasteiger charge is 2.14. The zero-order valence-corrected chi connectivity index (χ0v) is 12.3. The lowest BCUT2D eigenvalue weighted by Gasteiger charge is -2.23. The Hall–Kier alpha value is 0. The fraction of sp³-hybridized carbons (Fsp3) is 0.938. The summed E-state index contributed by atoms with van der Waals surface area (Å²) in [5.41, 5.74) is 0.494. The first-order valence-corrected chi connectivity index (χ1v) is 7.27. The van der Waals surface area contributed by atoms with E-state index in [0.29, 0.717) is 5.41 Å². The predicted octanol–water partition coefficient (Wildman–Crippen LogP) is 6.01. The van der Waals surface area contributed by atoms with Gasteiger partial charge in [-0.1, -0.05) is 73.1 Å². The molecule has 0 aliphatic rings. The van der Waals surface area contributed by atoms with E-state index in [4.69, 9.17) is 0 Å². The van der Waals surface area contributed by atoms with Gasteiger partial charge in [0.25, 0.3) is 0 Å². The minimum atomic E-state index is 0.494. The van der Waals surface area contributed by atoms with Crippen LogP contribution in [0, 0.1) is 17.8 Å². The van der Waals surface area contributed by atoms with E-state index < -0.39 is 0 Å². The summed E-state index contributed by atoms with van der Waals surface area (Å²) in [7, 11) is 0. The van der Waals surface area contributed by atoms with Gasteiger partial charge in [-0.05, 0) is 30.6 Å². The summed E-state index contributed by atoms with van der Waals surface area (Å²) >= 11 is 0. The van der Waals surface area contributed by atoms with Crippen LogP contribution >= 0.6 is 0 Å². The van der Waals surface area contributed by atoms with Gasteiger partial charge in [-0.3, -0.25) is 0 Å². The first-order valence-electron chi connectivity index (χ1n) is 7.27. The minimum absolute atomic E-state index is 0.494. The molecule has 0 aromatic rings. The second-order valence-electron chi connectivity index (χ2n) is 6.60. The quantitative estimate of drug-likeness (QED) is 0.421. The molecule has 0 fully saturated rings. The molecule has 1 radical (unpaired) electrons. The van der Waals surface area contributed by atoms with Crippen LogP contribution in [-0.2, 0) is 0 Å². The van der Waals surface area contributed by atoms with E-state index in [1.807, 2.05) is 0 Å². The predicted molar refractivity (Wildman–Crippen MR) is 75.5 cm³/mol. The monoisotopic (exact) mass is 225 g/mol. The van der Waals surface area contributed by atoms with Gasteiger partial charge in [0.1, 0.15) is 0 Å². The van der Waals surface area contributed by atoms with Crippen LogP contribution in [0.3, 0.4) is 0 Å². The van der Waals surface area contributed by atoms with Crippen molar-refractivity contribution in [2.24, 2.45) is 11.3 Å². The molecule has 0 heteroatoms. The molecule has 0 aromatic heterocycles. The molecule has 0 nitrogen and oxygen atoms in total. The van der Waals surface area contributed by atoms with Crippen LogP contribution in [0.4, 0.5) is 0 Å². The molecule has 0 aliphatic carbocycles. The maximum absolute atomic E-state index is 2.52. The summed E-state index contributed by atoms with van der Waals surface area (Å²) in [6.07, 6.45) is 13.5. The maximum Gasteiger partial charge on any atom is -0.0380 e. The van der Waals surface area contributed by atoms with Gasteiger partial charge in [-0.25, -0.2) is 0 Å². The molecular formula is C16H33. The van der Waals surface area contributed by atoms with Crippen molar-refractivity contribution in [2.45, 2.75) is 86.0 Å². The van der Waals surface area contributed by atoms with Crippen molar-refractivity contribution in [1.29, 1.82) is 0 Å². The van der Waals surface area contributed by atoms with Crippen LogP contribution < -0.4 is 0 Å². The zero-order valence-electron chi connectivity index (χ0n) is 12.3. The third-order valence-corrected chi connectivity index (χ3v) is 3.04. The lowest BCUT2D eigenvalue weighted by molar-refractivity contribution is 0.303. The third-order valence-electron chi connectivity index (χ3n) is 3.04. The molecule has 1 atom stereocenters. The van der Waals surface area contributed by atoms with Gasteiger partial charge < -0.3 is 0 Å². The van der Waals surface area contributed by atoms with Gasteiger partial charge in [0.2, 0.25) is 0 Å². The summed E-state index contributed by atoms with van der Waals surface area (Å²) in [6, 6.07) is 0. The number of rotatable bonds is 9. The normalized spacial score (nSPS) is 14.1. The highest BCUT2D eigenvalue weighted by atomic mass is 14.2. The highest BCUT2D eigenvalue weighted by Crippen LogP contribution is 2.26. The largest absolute Gasteiger partial charge is 0.0654 e. The molecule has 0 heterocycles. The second-order valence-corrected chi connectivity index (χ2v) is 6.60. The average Bonchev–Trinajstić information content (AvgIpc) is 2.13. The Labute approximate surface area is 104 Å². The van der Waals surface area contributed by atoms with Crippen LogP contribution in [0.1, 0.15) is 86.0 Å². The molecule has 1 unspecified atom stereocenters. The van der Waals surface area contributed by atoms with Crippen molar-refractivity contribution in [3.63, 3.8) is 0 Å². The number of hydrogen-bond donors (Lipinski definition) is 0. The molecule has 0 spiro atoms. The number of hydrogen-bond acceptors (Lipinski definition) is 0. The standard InChI is InChI=1S/C16H33/c1-6-7-8-9-10-11-12-13-15(2)14-16(3,4)5/h12,15H,6-11,13-14H2,1-5H3. The van der Waals surface area contributed by atoms with E-state index in [9.17, 15) is 0 Å². The zero-order chi connectivity index (χ0) is 12.4. The topological polar surface area (TPSA) is 0 Å².